The van der Waals surface area contributed by atoms with E-state index in [0.29, 0.717) is 11.7 Å². The van der Waals surface area contributed by atoms with Gasteiger partial charge in [0.2, 0.25) is 5.88 Å². The first kappa shape index (κ1) is 16.9. The summed E-state index contributed by atoms with van der Waals surface area (Å²) in [6.45, 7) is 2.51. The van der Waals surface area contributed by atoms with E-state index in [9.17, 15) is 4.79 Å². The largest absolute Gasteiger partial charge is 0.494 e. The number of hydrogen-bond acceptors (Lipinski definition) is 8. The number of fused-ring (bicyclic) bond motifs is 1. The summed E-state index contributed by atoms with van der Waals surface area (Å²) in [5.41, 5.74) is 0.902. The molecule has 3 rings (SSSR count). The third-order valence-electron chi connectivity index (χ3n) is 3.20. The van der Waals surface area contributed by atoms with Gasteiger partial charge >= 0.3 is 6.01 Å². The molecule has 3 aromatic rings. The number of nitrogens with one attached hydrogen (secondary N) is 1. The maximum atomic E-state index is 12.4. The number of thiazole rings is 1. The van der Waals surface area contributed by atoms with Gasteiger partial charge in [-0.15, -0.1) is 0 Å². The van der Waals surface area contributed by atoms with Gasteiger partial charge in [0.1, 0.15) is 11.4 Å². The van der Waals surface area contributed by atoms with Crippen molar-refractivity contribution >= 4 is 32.6 Å². The number of ether oxygens (including phenoxy) is 3. The molecule has 0 radical (unpaired) electrons. The summed E-state index contributed by atoms with van der Waals surface area (Å²) in [6.07, 6.45) is 0. The van der Waals surface area contributed by atoms with Crippen LogP contribution in [0.5, 0.6) is 17.6 Å². The molecule has 1 aromatic carbocycles. The molecular weight excluding hydrogens is 344 g/mol. The number of nitrogens with zero attached hydrogens (tertiary/aromatic N) is 3. The molecule has 130 valence electrons. The van der Waals surface area contributed by atoms with E-state index in [1.807, 2.05) is 25.1 Å². The Labute approximate surface area is 147 Å². The van der Waals surface area contributed by atoms with E-state index in [1.165, 1.54) is 31.6 Å². The van der Waals surface area contributed by atoms with Crippen molar-refractivity contribution in [3.63, 3.8) is 0 Å². The highest BCUT2D eigenvalue weighted by Gasteiger charge is 2.15. The van der Waals surface area contributed by atoms with Crippen LogP contribution in [0, 0.1) is 0 Å². The second-order valence-electron chi connectivity index (χ2n) is 4.82. The molecule has 0 unspecified atom stereocenters. The Hall–Kier alpha value is -2.94. The molecule has 2 heterocycles. The van der Waals surface area contributed by atoms with Crippen LogP contribution in [0.2, 0.25) is 0 Å². The van der Waals surface area contributed by atoms with E-state index < -0.39 is 5.91 Å². The molecule has 0 fully saturated rings. The van der Waals surface area contributed by atoms with Gasteiger partial charge in [-0.05, 0) is 25.1 Å². The minimum absolute atomic E-state index is 0.0511. The van der Waals surface area contributed by atoms with Crippen LogP contribution in [0.1, 0.15) is 17.4 Å². The quantitative estimate of drug-likeness (QED) is 0.722. The molecule has 0 saturated carbocycles. The van der Waals surface area contributed by atoms with Gasteiger partial charge in [0.25, 0.3) is 5.91 Å². The second kappa shape index (κ2) is 7.31. The Morgan fingerprint density at radius 3 is 2.72 bits per heavy atom. The Morgan fingerprint density at radius 2 is 2.00 bits per heavy atom. The maximum Gasteiger partial charge on any atom is 0.320 e. The Morgan fingerprint density at radius 1 is 1.16 bits per heavy atom. The van der Waals surface area contributed by atoms with E-state index in [4.69, 9.17) is 14.2 Å². The van der Waals surface area contributed by atoms with Crippen molar-refractivity contribution < 1.29 is 19.0 Å². The number of benzene rings is 1. The van der Waals surface area contributed by atoms with Gasteiger partial charge in [-0.2, -0.15) is 9.97 Å². The highest BCUT2D eigenvalue weighted by Crippen LogP contribution is 2.29. The smallest absolute Gasteiger partial charge is 0.320 e. The normalized spacial score (nSPS) is 10.5. The fraction of sp³-hybridized carbons (Fsp3) is 0.250. The summed E-state index contributed by atoms with van der Waals surface area (Å²) >= 11 is 1.35. The number of amides is 1. The molecule has 1 N–H and O–H groups in total. The first-order chi connectivity index (χ1) is 12.1. The predicted molar refractivity (Wildman–Crippen MR) is 93.9 cm³/mol. The van der Waals surface area contributed by atoms with E-state index in [1.54, 1.807) is 0 Å². The minimum atomic E-state index is -0.428. The first-order valence-corrected chi connectivity index (χ1v) is 8.26. The Balaban J connectivity index is 1.84. The Bertz CT molecular complexity index is 890. The van der Waals surface area contributed by atoms with Crippen LogP contribution < -0.4 is 19.5 Å². The average Bonchev–Trinajstić information content (AvgIpc) is 3.02. The molecule has 1 amide bonds. The average molecular weight is 360 g/mol. The summed E-state index contributed by atoms with van der Waals surface area (Å²) in [5.74, 6) is 0.576. The van der Waals surface area contributed by atoms with Gasteiger partial charge in [-0.3, -0.25) is 10.1 Å². The molecule has 9 heteroatoms. The SMILES string of the molecule is CCOc1ccc2nc(NC(=O)c3cc(OC)nc(OC)n3)sc2c1. The number of anilines is 1. The van der Waals surface area contributed by atoms with Crippen LogP contribution in [0.3, 0.4) is 0 Å². The number of aromatic nitrogens is 3. The molecule has 0 atom stereocenters. The molecule has 0 spiro atoms. The van der Waals surface area contributed by atoms with E-state index >= 15 is 0 Å². The zero-order chi connectivity index (χ0) is 17.8. The molecule has 0 bridgehead atoms. The molecular formula is C16H16N4O4S. The van der Waals surface area contributed by atoms with Crippen molar-refractivity contribution in [3.05, 3.63) is 30.0 Å². The fourth-order valence-corrected chi connectivity index (χ4v) is 2.98. The van der Waals surface area contributed by atoms with Crippen molar-refractivity contribution in [2.45, 2.75) is 6.92 Å². The van der Waals surface area contributed by atoms with Crippen LogP contribution in [0.25, 0.3) is 10.2 Å². The van der Waals surface area contributed by atoms with Gasteiger partial charge in [0, 0.05) is 6.07 Å². The molecule has 25 heavy (non-hydrogen) atoms. The summed E-state index contributed by atoms with van der Waals surface area (Å²) < 4.78 is 16.4. The van der Waals surface area contributed by atoms with Crippen LogP contribution in [-0.2, 0) is 0 Å². The van der Waals surface area contributed by atoms with E-state index in [2.05, 4.69) is 20.3 Å². The highest BCUT2D eigenvalue weighted by atomic mass is 32.1. The molecule has 0 aliphatic rings. The third-order valence-corrected chi connectivity index (χ3v) is 4.13. The van der Waals surface area contributed by atoms with Crippen molar-refractivity contribution in [2.75, 3.05) is 26.1 Å². The first-order valence-electron chi connectivity index (χ1n) is 7.44. The fourth-order valence-electron chi connectivity index (χ4n) is 2.09. The lowest BCUT2D eigenvalue weighted by molar-refractivity contribution is 0.102. The monoisotopic (exact) mass is 360 g/mol. The zero-order valence-electron chi connectivity index (χ0n) is 13.9. The molecule has 2 aromatic heterocycles. The van der Waals surface area contributed by atoms with Gasteiger partial charge in [0.05, 0.1) is 31.0 Å². The van der Waals surface area contributed by atoms with Crippen molar-refractivity contribution in [1.29, 1.82) is 0 Å². The lowest BCUT2D eigenvalue weighted by atomic mass is 10.3. The van der Waals surface area contributed by atoms with Gasteiger partial charge < -0.3 is 14.2 Å². The number of rotatable bonds is 6. The lowest BCUT2D eigenvalue weighted by Crippen LogP contribution is -2.14. The van der Waals surface area contributed by atoms with Crippen LogP contribution in [0.15, 0.2) is 24.3 Å². The van der Waals surface area contributed by atoms with Gasteiger partial charge in [-0.25, -0.2) is 4.98 Å². The predicted octanol–water partition coefficient (Wildman–Crippen LogP) is 2.75. The topological polar surface area (TPSA) is 95.5 Å². The number of methoxy groups -OCH3 is 2. The number of hydrogen-bond donors (Lipinski definition) is 1. The Kier molecular flexibility index (Phi) is 4.94. The zero-order valence-corrected chi connectivity index (χ0v) is 14.7. The van der Waals surface area contributed by atoms with Crippen molar-refractivity contribution in [2.24, 2.45) is 0 Å². The summed E-state index contributed by atoms with van der Waals surface area (Å²) in [6, 6.07) is 7.07. The van der Waals surface area contributed by atoms with Crippen LogP contribution in [-0.4, -0.2) is 41.7 Å². The number of carbonyl (C=O) groups is 1. The third kappa shape index (κ3) is 3.77. The van der Waals surface area contributed by atoms with Crippen molar-refractivity contribution in [1.82, 2.24) is 15.0 Å². The molecule has 0 aliphatic heterocycles. The molecule has 0 aliphatic carbocycles. The standard InChI is InChI=1S/C16H16N4O4S/c1-4-24-9-5-6-10-12(7-9)25-16(18-10)20-14(21)11-8-13(22-2)19-15(17-11)23-3/h5-8H,4H2,1-3H3,(H,18,20,21). The maximum absolute atomic E-state index is 12.4. The highest BCUT2D eigenvalue weighted by molar-refractivity contribution is 7.22. The lowest BCUT2D eigenvalue weighted by Gasteiger charge is -2.05. The number of carbonyl (C=O) groups excluding carboxylic acids is 1. The molecule has 0 saturated heterocycles. The van der Waals surface area contributed by atoms with Gasteiger partial charge in [-0.1, -0.05) is 11.3 Å². The summed E-state index contributed by atoms with van der Waals surface area (Å²) in [5, 5.41) is 3.19. The minimum Gasteiger partial charge on any atom is -0.494 e. The van der Waals surface area contributed by atoms with E-state index in [0.717, 1.165) is 16.0 Å². The van der Waals surface area contributed by atoms with Gasteiger partial charge in [0.15, 0.2) is 5.13 Å². The summed E-state index contributed by atoms with van der Waals surface area (Å²) in [4.78, 5) is 24.8. The van der Waals surface area contributed by atoms with Crippen LogP contribution >= 0.6 is 11.3 Å². The summed E-state index contributed by atoms with van der Waals surface area (Å²) in [7, 11) is 2.87. The van der Waals surface area contributed by atoms with Crippen molar-refractivity contribution in [3.8, 4) is 17.6 Å². The van der Waals surface area contributed by atoms with E-state index in [-0.39, 0.29) is 17.6 Å². The second-order valence-corrected chi connectivity index (χ2v) is 5.85. The van der Waals surface area contributed by atoms with Crippen LogP contribution in [0.4, 0.5) is 5.13 Å². The molecule has 8 nitrogen and oxygen atoms in total.